The number of rotatable bonds is 20. The summed E-state index contributed by atoms with van der Waals surface area (Å²) in [6.07, 6.45) is 19.9. The number of hydrogen-bond donors (Lipinski definition) is 1. The first-order chi connectivity index (χ1) is 14.2. The molecule has 0 aliphatic rings. The van der Waals surface area contributed by atoms with Crippen LogP contribution >= 0.6 is 0 Å². The van der Waals surface area contributed by atoms with Crippen LogP contribution in [0.3, 0.4) is 0 Å². The van der Waals surface area contributed by atoms with Gasteiger partial charge >= 0.3 is 0 Å². The van der Waals surface area contributed by atoms with E-state index in [0.29, 0.717) is 5.92 Å². The second-order valence-corrected chi connectivity index (χ2v) is 9.12. The van der Waals surface area contributed by atoms with Gasteiger partial charge in [0.15, 0.2) is 0 Å². The molecule has 1 rings (SSSR count). The highest BCUT2D eigenvalue weighted by Gasteiger charge is 1.98. The van der Waals surface area contributed by atoms with Gasteiger partial charge in [-0.25, -0.2) is 0 Å². The van der Waals surface area contributed by atoms with Crippen molar-refractivity contribution >= 4 is 0 Å². The SMILES string of the molecule is CCCCCCCCCCCCCCCCNCc1ccc(OCC(C)C)cc1. The zero-order chi connectivity index (χ0) is 21.0. The van der Waals surface area contributed by atoms with Crippen molar-refractivity contribution in [2.75, 3.05) is 13.2 Å². The van der Waals surface area contributed by atoms with E-state index >= 15 is 0 Å². The van der Waals surface area contributed by atoms with Gasteiger partial charge in [0, 0.05) is 6.54 Å². The van der Waals surface area contributed by atoms with Crippen LogP contribution in [0.5, 0.6) is 5.75 Å². The molecule has 0 spiro atoms. The quantitative estimate of drug-likeness (QED) is 0.221. The maximum atomic E-state index is 5.74. The third kappa shape index (κ3) is 16.5. The van der Waals surface area contributed by atoms with Crippen molar-refractivity contribution in [2.24, 2.45) is 5.92 Å². The Labute approximate surface area is 182 Å². The van der Waals surface area contributed by atoms with E-state index in [9.17, 15) is 0 Å². The molecule has 1 aromatic rings. The zero-order valence-corrected chi connectivity index (χ0v) is 19.8. The molecule has 2 nitrogen and oxygen atoms in total. The van der Waals surface area contributed by atoms with Gasteiger partial charge in [-0.2, -0.15) is 0 Å². The van der Waals surface area contributed by atoms with Gasteiger partial charge in [-0.05, 0) is 36.6 Å². The molecule has 0 aliphatic heterocycles. The van der Waals surface area contributed by atoms with Gasteiger partial charge in [0.1, 0.15) is 5.75 Å². The number of ether oxygens (including phenoxy) is 1. The van der Waals surface area contributed by atoms with Crippen LogP contribution in [0.25, 0.3) is 0 Å². The molecule has 1 N–H and O–H groups in total. The summed E-state index contributed by atoms with van der Waals surface area (Å²) in [4.78, 5) is 0. The maximum absolute atomic E-state index is 5.74. The van der Waals surface area contributed by atoms with Gasteiger partial charge < -0.3 is 10.1 Å². The van der Waals surface area contributed by atoms with E-state index in [-0.39, 0.29) is 0 Å². The van der Waals surface area contributed by atoms with E-state index in [2.05, 4.69) is 50.4 Å². The Morgan fingerprint density at radius 2 is 1.17 bits per heavy atom. The van der Waals surface area contributed by atoms with Crippen LogP contribution in [0, 0.1) is 5.92 Å². The highest BCUT2D eigenvalue weighted by Crippen LogP contribution is 2.14. The Morgan fingerprint density at radius 3 is 1.66 bits per heavy atom. The monoisotopic (exact) mass is 403 g/mol. The summed E-state index contributed by atoms with van der Waals surface area (Å²) in [5, 5.41) is 3.57. The normalized spacial score (nSPS) is 11.3. The van der Waals surface area contributed by atoms with Crippen LogP contribution in [0.2, 0.25) is 0 Å². The molecule has 0 fully saturated rings. The molecule has 2 heteroatoms. The van der Waals surface area contributed by atoms with Gasteiger partial charge in [0.25, 0.3) is 0 Å². The van der Waals surface area contributed by atoms with Gasteiger partial charge in [-0.3, -0.25) is 0 Å². The van der Waals surface area contributed by atoms with Gasteiger partial charge in [-0.1, -0.05) is 116 Å². The lowest BCUT2D eigenvalue weighted by Crippen LogP contribution is -2.14. The first-order valence-corrected chi connectivity index (χ1v) is 12.6. The third-order valence-electron chi connectivity index (χ3n) is 5.54. The highest BCUT2D eigenvalue weighted by molar-refractivity contribution is 5.27. The standard InChI is InChI=1S/C27H49NO/c1-4-5-6-7-8-9-10-11-12-13-14-15-16-17-22-28-23-26-18-20-27(21-19-26)29-24-25(2)3/h18-21,25,28H,4-17,22-24H2,1-3H3. The molecule has 0 aromatic heterocycles. The minimum Gasteiger partial charge on any atom is -0.493 e. The molecule has 0 saturated carbocycles. The van der Waals surface area contributed by atoms with Crippen molar-refractivity contribution in [3.8, 4) is 5.75 Å². The van der Waals surface area contributed by atoms with Crippen LogP contribution < -0.4 is 10.1 Å². The first-order valence-electron chi connectivity index (χ1n) is 12.6. The van der Waals surface area contributed by atoms with E-state index in [4.69, 9.17) is 4.74 Å². The summed E-state index contributed by atoms with van der Waals surface area (Å²) in [6.45, 7) is 9.52. The molecule has 0 aliphatic carbocycles. The largest absolute Gasteiger partial charge is 0.493 e. The lowest BCUT2D eigenvalue weighted by atomic mass is 10.0. The van der Waals surface area contributed by atoms with Crippen LogP contribution in [-0.2, 0) is 6.54 Å². The minimum absolute atomic E-state index is 0.571. The lowest BCUT2D eigenvalue weighted by molar-refractivity contribution is 0.271. The van der Waals surface area contributed by atoms with Crippen LogP contribution in [0.15, 0.2) is 24.3 Å². The van der Waals surface area contributed by atoms with Crippen molar-refractivity contribution < 1.29 is 4.74 Å². The predicted octanol–water partition coefficient (Wildman–Crippen LogP) is 8.29. The fourth-order valence-electron chi connectivity index (χ4n) is 3.64. The smallest absolute Gasteiger partial charge is 0.119 e. The summed E-state index contributed by atoms with van der Waals surface area (Å²) in [6, 6.07) is 8.53. The molecule has 0 saturated heterocycles. The molecule has 0 radical (unpaired) electrons. The topological polar surface area (TPSA) is 21.3 Å². The van der Waals surface area contributed by atoms with Crippen molar-refractivity contribution in [3.05, 3.63) is 29.8 Å². The highest BCUT2D eigenvalue weighted by atomic mass is 16.5. The Morgan fingerprint density at radius 1 is 0.690 bits per heavy atom. The summed E-state index contributed by atoms with van der Waals surface area (Å²) in [5.74, 6) is 1.55. The van der Waals surface area contributed by atoms with Crippen LogP contribution in [-0.4, -0.2) is 13.2 Å². The minimum atomic E-state index is 0.571. The van der Waals surface area contributed by atoms with Crippen molar-refractivity contribution in [1.29, 1.82) is 0 Å². The van der Waals surface area contributed by atoms with E-state index in [1.807, 2.05) is 0 Å². The van der Waals surface area contributed by atoms with Crippen LogP contribution in [0.1, 0.15) is 116 Å². The van der Waals surface area contributed by atoms with E-state index < -0.39 is 0 Å². The first kappa shape index (κ1) is 26.0. The second kappa shape index (κ2) is 19.0. The molecule has 168 valence electrons. The molecule has 0 unspecified atom stereocenters. The van der Waals surface area contributed by atoms with Crippen LogP contribution in [0.4, 0.5) is 0 Å². The Bertz CT molecular complexity index is 454. The molecule has 0 atom stereocenters. The van der Waals surface area contributed by atoms with Gasteiger partial charge in [0.05, 0.1) is 6.61 Å². The average Bonchev–Trinajstić information content (AvgIpc) is 2.72. The van der Waals surface area contributed by atoms with Crippen molar-refractivity contribution in [2.45, 2.75) is 117 Å². The average molecular weight is 404 g/mol. The van der Waals surface area contributed by atoms with Gasteiger partial charge in [0.2, 0.25) is 0 Å². The van der Waals surface area contributed by atoms with Gasteiger partial charge in [-0.15, -0.1) is 0 Å². The predicted molar refractivity (Wildman–Crippen MR) is 129 cm³/mol. The molecule has 29 heavy (non-hydrogen) atoms. The molecule has 0 amide bonds. The molecule has 1 aromatic carbocycles. The maximum Gasteiger partial charge on any atom is 0.119 e. The Kier molecular flexibility index (Phi) is 17.0. The second-order valence-electron chi connectivity index (χ2n) is 9.12. The summed E-state index contributed by atoms with van der Waals surface area (Å²) >= 11 is 0. The van der Waals surface area contributed by atoms with Crippen molar-refractivity contribution in [3.63, 3.8) is 0 Å². The lowest BCUT2D eigenvalue weighted by Gasteiger charge is -2.09. The van der Waals surface area contributed by atoms with Crippen molar-refractivity contribution in [1.82, 2.24) is 5.32 Å². The summed E-state index contributed by atoms with van der Waals surface area (Å²) in [5.41, 5.74) is 1.34. The molecular formula is C27H49NO. The molecule has 0 bridgehead atoms. The fourth-order valence-corrected chi connectivity index (χ4v) is 3.64. The Balaban J connectivity index is 1.83. The Hall–Kier alpha value is -1.02. The third-order valence-corrected chi connectivity index (χ3v) is 5.54. The van der Waals surface area contributed by atoms with E-state index in [0.717, 1.165) is 25.4 Å². The summed E-state index contributed by atoms with van der Waals surface area (Å²) < 4.78 is 5.74. The van der Waals surface area contributed by atoms with E-state index in [1.54, 1.807) is 0 Å². The number of unbranched alkanes of at least 4 members (excludes halogenated alkanes) is 13. The summed E-state index contributed by atoms with van der Waals surface area (Å²) in [7, 11) is 0. The molecular weight excluding hydrogens is 354 g/mol. The van der Waals surface area contributed by atoms with E-state index in [1.165, 1.54) is 95.5 Å². The number of nitrogens with one attached hydrogen (secondary N) is 1. The number of hydrogen-bond acceptors (Lipinski definition) is 2. The number of benzene rings is 1. The fraction of sp³-hybridized carbons (Fsp3) is 0.778. The molecule has 0 heterocycles. The zero-order valence-electron chi connectivity index (χ0n) is 19.8.